The maximum atomic E-state index is 12.1. The highest BCUT2D eigenvalue weighted by molar-refractivity contribution is 5.95. The van der Waals surface area contributed by atoms with Crippen molar-refractivity contribution in [2.24, 2.45) is 0 Å². The van der Waals surface area contributed by atoms with Crippen LogP contribution in [-0.4, -0.2) is 41.3 Å². The summed E-state index contributed by atoms with van der Waals surface area (Å²) in [5, 5.41) is 2.71. The molecule has 3 N–H and O–H groups in total. The number of hydrogen-bond acceptors (Lipinski definition) is 4. The molecule has 2 heterocycles. The maximum absolute atomic E-state index is 12.1. The summed E-state index contributed by atoms with van der Waals surface area (Å²) in [4.78, 5) is 28.9. The maximum Gasteiger partial charge on any atom is 0.272 e. The molecule has 1 aromatic rings. The number of nitrogens with one attached hydrogen (secondary N) is 1. The van der Waals surface area contributed by atoms with Crippen molar-refractivity contribution in [3.8, 4) is 0 Å². The Morgan fingerprint density at radius 2 is 2.35 bits per heavy atom. The summed E-state index contributed by atoms with van der Waals surface area (Å²) in [6.45, 7) is 1.23. The molecule has 0 bridgehead atoms. The average Bonchev–Trinajstić information content (AvgIpc) is 2.53. The molecule has 0 aliphatic carbocycles. The van der Waals surface area contributed by atoms with Crippen molar-refractivity contribution in [1.29, 1.82) is 0 Å². The smallest absolute Gasteiger partial charge is 0.272 e. The van der Waals surface area contributed by atoms with Crippen LogP contribution in [0.5, 0.6) is 0 Å². The molecular weight excluding hydrogens is 220 g/mol. The third kappa shape index (κ3) is 2.72. The van der Waals surface area contributed by atoms with Crippen molar-refractivity contribution in [1.82, 2.24) is 15.2 Å². The van der Waals surface area contributed by atoms with Crippen LogP contribution in [0.3, 0.4) is 0 Å². The molecule has 1 aromatic heterocycles. The third-order valence-electron chi connectivity index (χ3n) is 2.55. The van der Waals surface area contributed by atoms with Gasteiger partial charge in [0.2, 0.25) is 5.91 Å². The van der Waals surface area contributed by atoms with Crippen LogP contribution >= 0.6 is 0 Å². The molecule has 0 saturated carbocycles. The zero-order chi connectivity index (χ0) is 12.3. The van der Waals surface area contributed by atoms with Gasteiger partial charge in [0.05, 0.1) is 6.54 Å². The van der Waals surface area contributed by atoms with E-state index >= 15 is 0 Å². The predicted molar refractivity (Wildman–Crippen MR) is 62.2 cm³/mol. The lowest BCUT2D eigenvalue weighted by atomic mass is 10.2. The second-order valence-corrected chi connectivity index (χ2v) is 3.90. The van der Waals surface area contributed by atoms with E-state index < -0.39 is 0 Å². The number of carbonyl (C=O) groups excluding carboxylic acids is 2. The molecule has 1 saturated heterocycles. The summed E-state index contributed by atoms with van der Waals surface area (Å²) in [5.41, 5.74) is 6.36. The highest BCUT2D eigenvalue weighted by atomic mass is 16.2. The Morgan fingerprint density at radius 1 is 1.53 bits per heavy atom. The Labute approximate surface area is 98.8 Å². The van der Waals surface area contributed by atoms with Crippen LogP contribution in [0.25, 0.3) is 0 Å². The topological polar surface area (TPSA) is 88.3 Å². The molecule has 6 heteroatoms. The fraction of sp³-hybridized carbons (Fsp3) is 0.364. The highest BCUT2D eigenvalue weighted by Crippen LogP contribution is 2.08. The third-order valence-corrected chi connectivity index (χ3v) is 2.55. The molecule has 6 nitrogen and oxygen atoms in total. The lowest BCUT2D eigenvalue weighted by molar-refractivity contribution is -0.121. The predicted octanol–water partition coefficient (Wildman–Crippen LogP) is -0.374. The van der Waals surface area contributed by atoms with Crippen molar-refractivity contribution in [2.75, 3.05) is 25.4 Å². The van der Waals surface area contributed by atoms with Crippen molar-refractivity contribution < 1.29 is 9.59 Å². The molecule has 90 valence electrons. The Balaban J connectivity index is 2.16. The Bertz CT molecular complexity index is 447. The van der Waals surface area contributed by atoms with Gasteiger partial charge in [0.15, 0.2) is 0 Å². The van der Waals surface area contributed by atoms with E-state index in [0.717, 1.165) is 6.42 Å². The van der Waals surface area contributed by atoms with E-state index in [9.17, 15) is 9.59 Å². The SMILES string of the molecule is Nc1ccnc(C(=O)N2CCCNC(=O)C2)c1. The summed E-state index contributed by atoms with van der Waals surface area (Å²) >= 11 is 0. The van der Waals surface area contributed by atoms with Crippen molar-refractivity contribution in [3.63, 3.8) is 0 Å². The van der Waals surface area contributed by atoms with E-state index in [1.165, 1.54) is 17.2 Å². The Hall–Kier alpha value is -2.11. The number of carbonyl (C=O) groups is 2. The summed E-state index contributed by atoms with van der Waals surface area (Å²) in [6, 6.07) is 3.14. The van der Waals surface area contributed by atoms with Crippen LogP contribution in [0.4, 0.5) is 5.69 Å². The molecule has 1 aliphatic heterocycles. The number of anilines is 1. The van der Waals surface area contributed by atoms with E-state index in [4.69, 9.17) is 5.73 Å². The lowest BCUT2D eigenvalue weighted by Gasteiger charge is -2.18. The average molecular weight is 234 g/mol. The van der Waals surface area contributed by atoms with E-state index in [1.54, 1.807) is 6.07 Å². The minimum Gasteiger partial charge on any atom is -0.399 e. The summed E-state index contributed by atoms with van der Waals surface area (Å²) < 4.78 is 0. The largest absolute Gasteiger partial charge is 0.399 e. The number of nitrogens with zero attached hydrogens (tertiary/aromatic N) is 2. The van der Waals surface area contributed by atoms with Crippen LogP contribution in [-0.2, 0) is 4.79 Å². The van der Waals surface area contributed by atoms with Gasteiger partial charge in [0.1, 0.15) is 5.69 Å². The van der Waals surface area contributed by atoms with Gasteiger partial charge < -0.3 is 16.0 Å². The minimum absolute atomic E-state index is 0.0787. The number of amides is 2. The van der Waals surface area contributed by atoms with Gasteiger partial charge in [-0.3, -0.25) is 14.6 Å². The standard InChI is InChI=1S/C11H14N4O2/c12-8-2-4-13-9(6-8)11(17)15-5-1-3-14-10(16)7-15/h2,4,6H,1,3,5,7H2,(H2,12,13)(H,14,16). The first-order valence-corrected chi connectivity index (χ1v) is 5.44. The molecule has 0 unspecified atom stereocenters. The molecule has 2 rings (SSSR count). The molecule has 0 aromatic carbocycles. The number of rotatable bonds is 1. The van der Waals surface area contributed by atoms with Gasteiger partial charge in [-0.2, -0.15) is 0 Å². The van der Waals surface area contributed by atoms with E-state index in [0.29, 0.717) is 18.8 Å². The number of nitrogen functional groups attached to an aromatic ring is 1. The van der Waals surface area contributed by atoms with Gasteiger partial charge in [-0.25, -0.2) is 0 Å². The molecule has 0 atom stereocenters. The van der Waals surface area contributed by atoms with Gasteiger partial charge in [0.25, 0.3) is 5.91 Å². The Kier molecular flexibility index (Phi) is 3.22. The van der Waals surface area contributed by atoms with Gasteiger partial charge in [-0.1, -0.05) is 0 Å². The molecule has 2 amide bonds. The van der Waals surface area contributed by atoms with Crippen molar-refractivity contribution >= 4 is 17.5 Å². The number of nitrogens with two attached hydrogens (primary N) is 1. The van der Waals surface area contributed by atoms with Gasteiger partial charge >= 0.3 is 0 Å². The van der Waals surface area contributed by atoms with Crippen LogP contribution in [0.2, 0.25) is 0 Å². The molecule has 1 aliphatic rings. The van der Waals surface area contributed by atoms with Gasteiger partial charge in [0, 0.05) is 25.0 Å². The molecule has 0 spiro atoms. The van der Waals surface area contributed by atoms with Crippen LogP contribution in [0, 0.1) is 0 Å². The zero-order valence-electron chi connectivity index (χ0n) is 9.35. The molecule has 17 heavy (non-hydrogen) atoms. The Morgan fingerprint density at radius 3 is 3.12 bits per heavy atom. The van der Waals surface area contributed by atoms with Gasteiger partial charge in [-0.05, 0) is 18.6 Å². The summed E-state index contributed by atoms with van der Waals surface area (Å²) in [7, 11) is 0. The van der Waals surface area contributed by atoms with Crippen LogP contribution < -0.4 is 11.1 Å². The second-order valence-electron chi connectivity index (χ2n) is 3.90. The van der Waals surface area contributed by atoms with Crippen LogP contribution in [0.1, 0.15) is 16.9 Å². The first kappa shape index (κ1) is 11.4. The number of hydrogen-bond donors (Lipinski definition) is 2. The first-order valence-electron chi connectivity index (χ1n) is 5.44. The minimum atomic E-state index is -0.255. The number of aromatic nitrogens is 1. The fourth-order valence-corrected chi connectivity index (χ4v) is 1.71. The normalized spacial score (nSPS) is 16.2. The fourth-order valence-electron chi connectivity index (χ4n) is 1.71. The van der Waals surface area contributed by atoms with E-state index in [2.05, 4.69) is 10.3 Å². The molecule has 1 fully saturated rings. The van der Waals surface area contributed by atoms with Crippen LogP contribution in [0.15, 0.2) is 18.3 Å². The van der Waals surface area contributed by atoms with Crippen molar-refractivity contribution in [2.45, 2.75) is 6.42 Å². The highest BCUT2D eigenvalue weighted by Gasteiger charge is 2.21. The van der Waals surface area contributed by atoms with Crippen molar-refractivity contribution in [3.05, 3.63) is 24.0 Å². The number of pyridine rings is 1. The second kappa shape index (κ2) is 4.82. The first-order chi connectivity index (χ1) is 8.16. The van der Waals surface area contributed by atoms with E-state index in [-0.39, 0.29) is 24.1 Å². The summed E-state index contributed by atoms with van der Waals surface area (Å²) in [5.74, 6) is -0.394. The molecule has 0 radical (unpaired) electrons. The quantitative estimate of drug-likeness (QED) is 0.693. The van der Waals surface area contributed by atoms with Gasteiger partial charge in [-0.15, -0.1) is 0 Å². The monoisotopic (exact) mass is 234 g/mol. The zero-order valence-corrected chi connectivity index (χ0v) is 9.35. The lowest BCUT2D eigenvalue weighted by Crippen LogP contribution is -2.37. The van der Waals surface area contributed by atoms with E-state index in [1.807, 2.05) is 0 Å². The molecular formula is C11H14N4O2. The summed E-state index contributed by atoms with van der Waals surface area (Å²) in [6.07, 6.45) is 2.24.